The fourth-order valence-electron chi connectivity index (χ4n) is 3.04. The van der Waals surface area contributed by atoms with Crippen molar-refractivity contribution in [3.63, 3.8) is 0 Å². The summed E-state index contributed by atoms with van der Waals surface area (Å²) < 4.78 is 32.2. The van der Waals surface area contributed by atoms with Crippen molar-refractivity contribution < 1.29 is 18.7 Å². The fraction of sp³-hybridized carbons (Fsp3) is 0.278. The SMILES string of the molecule is [NH2+]=Nc1cc2sc(N3CCOCC3)nc2cc1S(=O)(=O)Cc1ccccc1. The first-order chi connectivity index (χ1) is 13.1. The number of hydrogen-bond acceptors (Lipinski definition) is 7. The Hall–Kier alpha value is -2.36. The third-order valence-electron chi connectivity index (χ3n) is 4.41. The molecular formula is C18H19N4O3S2+. The van der Waals surface area contributed by atoms with Gasteiger partial charge in [-0.1, -0.05) is 41.7 Å². The molecule has 27 heavy (non-hydrogen) atoms. The number of ether oxygens (including phenoxy) is 1. The summed E-state index contributed by atoms with van der Waals surface area (Å²) in [5, 5.41) is 4.57. The normalized spacial score (nSPS) is 15.2. The third kappa shape index (κ3) is 3.71. The summed E-state index contributed by atoms with van der Waals surface area (Å²) >= 11 is 1.51. The van der Waals surface area contributed by atoms with Crippen LogP contribution in [0.1, 0.15) is 5.56 Å². The average molecular weight is 404 g/mol. The number of rotatable bonds is 5. The van der Waals surface area contributed by atoms with Gasteiger partial charge >= 0.3 is 0 Å². The first-order valence-corrected chi connectivity index (χ1v) is 11.0. The minimum atomic E-state index is -3.61. The number of hydrogen-bond donors (Lipinski definition) is 1. The maximum atomic E-state index is 13.0. The van der Waals surface area contributed by atoms with Crippen LogP contribution in [0.15, 0.2) is 52.5 Å². The summed E-state index contributed by atoms with van der Waals surface area (Å²) in [5.74, 6) is -0.109. The van der Waals surface area contributed by atoms with Gasteiger partial charge in [0.05, 0.1) is 29.2 Å². The first-order valence-electron chi connectivity index (χ1n) is 8.52. The maximum absolute atomic E-state index is 13.0. The molecule has 140 valence electrons. The number of sulfone groups is 1. The predicted octanol–water partition coefficient (Wildman–Crippen LogP) is 1.95. The molecule has 0 radical (unpaired) electrons. The number of fused-ring (bicyclic) bond motifs is 1. The van der Waals surface area contributed by atoms with Crippen molar-refractivity contribution in [3.05, 3.63) is 48.0 Å². The van der Waals surface area contributed by atoms with Crippen LogP contribution in [0.2, 0.25) is 0 Å². The molecule has 2 aromatic carbocycles. The van der Waals surface area contributed by atoms with Gasteiger partial charge in [-0.15, -0.1) is 0 Å². The molecular weight excluding hydrogens is 384 g/mol. The lowest BCUT2D eigenvalue weighted by molar-refractivity contribution is -0.210. The summed E-state index contributed by atoms with van der Waals surface area (Å²) in [6.07, 6.45) is 0. The van der Waals surface area contributed by atoms with Gasteiger partial charge in [0.15, 0.2) is 15.0 Å². The van der Waals surface area contributed by atoms with Gasteiger partial charge in [-0.25, -0.2) is 13.4 Å². The summed E-state index contributed by atoms with van der Waals surface area (Å²) in [6, 6.07) is 12.3. The van der Waals surface area contributed by atoms with E-state index < -0.39 is 9.84 Å². The number of benzene rings is 2. The molecule has 0 atom stereocenters. The zero-order valence-corrected chi connectivity index (χ0v) is 16.2. The van der Waals surface area contributed by atoms with Crippen LogP contribution in [0.5, 0.6) is 0 Å². The van der Waals surface area contributed by atoms with Crippen molar-refractivity contribution in [2.45, 2.75) is 10.6 Å². The fourth-order valence-corrected chi connectivity index (χ4v) is 5.58. The van der Waals surface area contributed by atoms with Crippen molar-refractivity contribution in [3.8, 4) is 0 Å². The molecule has 1 fully saturated rings. The summed E-state index contributed by atoms with van der Waals surface area (Å²) in [6.45, 7) is 2.87. The molecule has 0 spiro atoms. The Labute approximate surface area is 161 Å². The predicted molar refractivity (Wildman–Crippen MR) is 104 cm³/mol. The van der Waals surface area contributed by atoms with Gasteiger partial charge < -0.3 is 9.64 Å². The zero-order chi connectivity index (χ0) is 18.9. The third-order valence-corrected chi connectivity index (χ3v) is 7.20. The number of nitrogens with zero attached hydrogens (tertiary/aromatic N) is 3. The van der Waals surface area contributed by atoms with E-state index >= 15 is 0 Å². The number of nitrogens with two attached hydrogens (primary N) is 1. The summed E-state index contributed by atoms with van der Waals surface area (Å²) in [4.78, 5) is 6.89. The van der Waals surface area contributed by atoms with E-state index in [1.807, 2.05) is 18.2 Å². The Morgan fingerprint density at radius 2 is 1.93 bits per heavy atom. The molecule has 2 N–H and O–H groups in total. The van der Waals surface area contributed by atoms with Crippen molar-refractivity contribution in [1.29, 1.82) is 0 Å². The van der Waals surface area contributed by atoms with Crippen LogP contribution in [-0.2, 0) is 20.3 Å². The van der Waals surface area contributed by atoms with Crippen LogP contribution in [0.4, 0.5) is 10.8 Å². The Morgan fingerprint density at radius 3 is 2.63 bits per heavy atom. The lowest BCUT2D eigenvalue weighted by atomic mass is 10.2. The number of anilines is 1. The molecule has 2 heterocycles. The molecule has 1 aliphatic heterocycles. The molecule has 0 unspecified atom stereocenters. The Morgan fingerprint density at radius 1 is 1.19 bits per heavy atom. The van der Waals surface area contributed by atoms with Crippen LogP contribution < -0.4 is 10.4 Å². The van der Waals surface area contributed by atoms with Crippen LogP contribution in [0.25, 0.3) is 10.2 Å². The van der Waals surface area contributed by atoms with E-state index in [2.05, 4.69) is 15.0 Å². The van der Waals surface area contributed by atoms with Crippen molar-refractivity contribution in [2.75, 3.05) is 31.2 Å². The van der Waals surface area contributed by atoms with E-state index in [-0.39, 0.29) is 16.3 Å². The van der Waals surface area contributed by atoms with Crippen molar-refractivity contribution >= 4 is 42.2 Å². The topological polar surface area (TPSA) is 97.4 Å². The monoisotopic (exact) mass is 403 g/mol. The smallest absolute Gasteiger partial charge is 0.186 e. The van der Waals surface area contributed by atoms with E-state index in [4.69, 9.17) is 10.3 Å². The van der Waals surface area contributed by atoms with Crippen LogP contribution in [0, 0.1) is 0 Å². The second-order valence-corrected chi connectivity index (χ2v) is 9.22. The average Bonchev–Trinajstić information content (AvgIpc) is 3.11. The molecule has 0 aliphatic carbocycles. The maximum Gasteiger partial charge on any atom is 0.186 e. The van der Waals surface area contributed by atoms with Crippen molar-refractivity contribution in [1.82, 2.24) is 4.98 Å². The quantitative estimate of drug-likeness (QED) is 0.657. The highest BCUT2D eigenvalue weighted by Crippen LogP contribution is 2.36. The Balaban J connectivity index is 1.74. The largest absolute Gasteiger partial charge is 0.378 e. The molecule has 0 amide bonds. The first kappa shape index (κ1) is 18.0. The Bertz CT molecular complexity index is 1070. The molecule has 1 aliphatic rings. The van der Waals surface area contributed by atoms with Gasteiger partial charge in [0.2, 0.25) is 0 Å². The van der Waals surface area contributed by atoms with E-state index in [1.165, 1.54) is 11.3 Å². The van der Waals surface area contributed by atoms with Gasteiger partial charge in [0, 0.05) is 13.1 Å². The lowest BCUT2D eigenvalue weighted by Gasteiger charge is -2.25. The highest BCUT2D eigenvalue weighted by molar-refractivity contribution is 7.90. The molecule has 1 saturated heterocycles. The molecule has 9 heteroatoms. The molecule has 4 rings (SSSR count). The van der Waals surface area contributed by atoms with Crippen LogP contribution in [-0.4, -0.2) is 39.7 Å². The van der Waals surface area contributed by atoms with E-state index in [0.717, 1.165) is 22.9 Å². The summed E-state index contributed by atoms with van der Waals surface area (Å²) in [5.41, 5.74) is 7.11. The molecule has 1 aromatic heterocycles. The van der Waals surface area contributed by atoms with E-state index in [0.29, 0.717) is 24.3 Å². The minimum absolute atomic E-state index is 0.109. The molecule has 0 saturated carbocycles. The number of thiazole rings is 1. The molecule has 7 nitrogen and oxygen atoms in total. The highest BCUT2D eigenvalue weighted by Gasteiger charge is 2.24. The zero-order valence-electron chi connectivity index (χ0n) is 14.5. The van der Waals surface area contributed by atoms with E-state index in [1.54, 1.807) is 24.3 Å². The summed E-state index contributed by atoms with van der Waals surface area (Å²) in [7, 11) is -3.61. The van der Waals surface area contributed by atoms with Crippen molar-refractivity contribution in [2.24, 2.45) is 5.11 Å². The minimum Gasteiger partial charge on any atom is -0.378 e. The second kappa shape index (κ2) is 7.34. The van der Waals surface area contributed by atoms with E-state index in [9.17, 15) is 8.42 Å². The van der Waals surface area contributed by atoms with Gasteiger partial charge in [0.1, 0.15) is 10.6 Å². The highest BCUT2D eigenvalue weighted by atomic mass is 32.2. The van der Waals surface area contributed by atoms with Gasteiger partial charge in [-0.3, -0.25) is 0 Å². The van der Waals surface area contributed by atoms with Crippen LogP contribution >= 0.6 is 11.3 Å². The second-order valence-electron chi connectivity index (χ2n) is 6.26. The Kier molecular flexibility index (Phi) is 4.90. The van der Waals surface area contributed by atoms with Crippen LogP contribution in [0.3, 0.4) is 0 Å². The molecule has 0 bridgehead atoms. The number of aromatic nitrogens is 1. The molecule has 3 aromatic rings. The van der Waals surface area contributed by atoms with Gasteiger partial charge in [-0.05, 0) is 22.8 Å². The van der Waals surface area contributed by atoms with Gasteiger partial charge in [-0.2, -0.15) is 5.53 Å². The standard InChI is InChI=1S/C18H18N4O3S2/c19-21-15-10-16-14(20-18(26-16)22-6-8-25-9-7-22)11-17(15)27(23,24)12-13-4-2-1-3-5-13/h1-5,10-11,19H,6-9,12H2/p+1. The number of morpholine rings is 1. The van der Waals surface area contributed by atoms with Gasteiger partial charge in [0.25, 0.3) is 0 Å². The lowest BCUT2D eigenvalue weighted by Crippen LogP contribution is -2.36.